The first-order valence-corrected chi connectivity index (χ1v) is 9.48. The van der Waals surface area contributed by atoms with E-state index in [1.54, 1.807) is 11.9 Å². The van der Waals surface area contributed by atoms with E-state index in [1.165, 1.54) is 29.1 Å². The summed E-state index contributed by atoms with van der Waals surface area (Å²) in [5, 5.41) is 8.15. The second-order valence-electron chi connectivity index (χ2n) is 6.94. The number of piperidine rings is 1. The van der Waals surface area contributed by atoms with Gasteiger partial charge < -0.3 is 25.3 Å². The lowest BCUT2D eigenvalue weighted by Gasteiger charge is -2.32. The maximum Gasteiger partial charge on any atom is 0.409 e. The fourth-order valence-electron chi connectivity index (χ4n) is 3.61. The molecular weight excluding hydrogens is 342 g/mol. The van der Waals surface area contributed by atoms with E-state index < -0.39 is 0 Å². The summed E-state index contributed by atoms with van der Waals surface area (Å²) in [5.74, 6) is 0.808. The van der Waals surface area contributed by atoms with Gasteiger partial charge in [0.2, 0.25) is 0 Å². The van der Waals surface area contributed by atoms with Crippen molar-refractivity contribution in [1.82, 2.24) is 20.5 Å². The minimum absolute atomic E-state index is 0.245. The number of nitrogens with one attached hydrogen (secondary N) is 3. The molecule has 2 heterocycles. The lowest BCUT2D eigenvalue weighted by molar-refractivity contribution is 0.111. The number of nitrogens with zero attached hydrogens (tertiary/aromatic N) is 2. The second kappa shape index (κ2) is 8.79. The Morgan fingerprint density at radius 2 is 2.15 bits per heavy atom. The molecule has 0 saturated carbocycles. The van der Waals surface area contributed by atoms with Crippen LogP contribution in [0.1, 0.15) is 24.0 Å². The zero-order valence-corrected chi connectivity index (χ0v) is 16.3. The highest BCUT2D eigenvalue weighted by Crippen LogP contribution is 2.21. The van der Waals surface area contributed by atoms with Gasteiger partial charge in [0.1, 0.15) is 0 Å². The van der Waals surface area contributed by atoms with Gasteiger partial charge in [-0.05, 0) is 37.3 Å². The van der Waals surface area contributed by atoms with Crippen molar-refractivity contribution in [1.29, 1.82) is 0 Å². The number of guanidine groups is 1. The molecule has 1 fully saturated rings. The molecule has 0 radical (unpaired) electrons. The Kier molecular flexibility index (Phi) is 6.21. The van der Waals surface area contributed by atoms with Gasteiger partial charge in [-0.15, -0.1) is 0 Å². The Balaban J connectivity index is 1.47. The number of aliphatic imine (C=N–C) groups is 1. The third kappa shape index (κ3) is 4.53. The number of carbonyl (C=O) groups excluding carboxylic acids is 1. The second-order valence-corrected chi connectivity index (χ2v) is 6.94. The van der Waals surface area contributed by atoms with Crippen LogP contribution in [-0.4, -0.2) is 61.8 Å². The predicted molar refractivity (Wildman–Crippen MR) is 108 cm³/mol. The molecule has 0 atom stereocenters. The van der Waals surface area contributed by atoms with E-state index in [2.05, 4.69) is 51.9 Å². The van der Waals surface area contributed by atoms with Gasteiger partial charge in [0, 0.05) is 49.8 Å². The Bertz CT molecular complexity index is 806. The van der Waals surface area contributed by atoms with Gasteiger partial charge in [0.15, 0.2) is 5.96 Å². The minimum Gasteiger partial charge on any atom is -0.453 e. The van der Waals surface area contributed by atoms with Crippen molar-refractivity contribution in [2.24, 2.45) is 4.99 Å². The molecule has 7 nitrogen and oxygen atoms in total. The van der Waals surface area contributed by atoms with Crippen LogP contribution in [0.5, 0.6) is 0 Å². The summed E-state index contributed by atoms with van der Waals surface area (Å²) in [4.78, 5) is 21.0. The quantitative estimate of drug-likeness (QED) is 0.569. The van der Waals surface area contributed by atoms with Crippen LogP contribution in [0.2, 0.25) is 0 Å². The number of aryl methyl sites for hydroxylation is 1. The lowest BCUT2D eigenvalue weighted by Crippen LogP contribution is -2.50. The SMILES string of the molecule is CN=C(NCCc1c[nH]c2c(C)cccc12)NC1CCN(C(=O)OC)CC1. The summed E-state index contributed by atoms with van der Waals surface area (Å²) in [6.45, 7) is 4.34. The van der Waals surface area contributed by atoms with Crippen LogP contribution < -0.4 is 10.6 Å². The van der Waals surface area contributed by atoms with Crippen molar-refractivity contribution >= 4 is 23.0 Å². The number of benzene rings is 1. The largest absolute Gasteiger partial charge is 0.453 e. The van der Waals surface area contributed by atoms with Crippen LogP contribution in [0, 0.1) is 6.92 Å². The minimum atomic E-state index is -0.245. The molecule has 1 amide bonds. The van der Waals surface area contributed by atoms with Crippen molar-refractivity contribution in [3.8, 4) is 0 Å². The van der Waals surface area contributed by atoms with E-state index in [-0.39, 0.29) is 6.09 Å². The fraction of sp³-hybridized carbons (Fsp3) is 0.500. The van der Waals surface area contributed by atoms with Gasteiger partial charge >= 0.3 is 6.09 Å². The van der Waals surface area contributed by atoms with Crippen molar-refractivity contribution in [2.45, 2.75) is 32.2 Å². The number of ether oxygens (including phenoxy) is 1. The van der Waals surface area contributed by atoms with Crippen LogP contribution in [0.4, 0.5) is 4.79 Å². The first-order chi connectivity index (χ1) is 13.1. The molecular formula is C20H29N5O2. The molecule has 1 aliphatic rings. The first-order valence-electron chi connectivity index (χ1n) is 9.48. The van der Waals surface area contributed by atoms with Gasteiger partial charge in [-0.1, -0.05) is 18.2 Å². The Hall–Kier alpha value is -2.70. The number of aromatic nitrogens is 1. The number of likely N-dealkylation sites (tertiary alicyclic amines) is 1. The topological polar surface area (TPSA) is 81.8 Å². The van der Waals surface area contributed by atoms with Crippen molar-refractivity contribution in [3.63, 3.8) is 0 Å². The van der Waals surface area contributed by atoms with Crippen molar-refractivity contribution in [3.05, 3.63) is 35.5 Å². The molecule has 27 heavy (non-hydrogen) atoms. The predicted octanol–water partition coefficient (Wildman–Crippen LogP) is 2.41. The third-order valence-corrected chi connectivity index (χ3v) is 5.19. The van der Waals surface area contributed by atoms with E-state index in [9.17, 15) is 4.79 Å². The standard InChI is InChI=1S/C20H29N5O2/c1-14-5-4-6-17-15(13-23-18(14)17)7-10-22-19(21-2)24-16-8-11-25(12-9-16)20(26)27-3/h4-6,13,16,23H,7-12H2,1-3H3,(H2,21,22,24). The van der Waals surface area contributed by atoms with Gasteiger partial charge in [-0.3, -0.25) is 4.99 Å². The summed E-state index contributed by atoms with van der Waals surface area (Å²) in [6.07, 6.45) is 4.54. The van der Waals surface area contributed by atoms with E-state index in [0.29, 0.717) is 19.1 Å². The summed E-state index contributed by atoms with van der Waals surface area (Å²) >= 11 is 0. The molecule has 7 heteroatoms. The summed E-state index contributed by atoms with van der Waals surface area (Å²) in [7, 11) is 3.21. The maximum atomic E-state index is 11.6. The fourth-order valence-corrected chi connectivity index (χ4v) is 3.61. The number of carbonyl (C=O) groups is 1. The summed E-state index contributed by atoms with van der Waals surface area (Å²) in [6, 6.07) is 6.70. The van der Waals surface area contributed by atoms with E-state index >= 15 is 0 Å². The van der Waals surface area contributed by atoms with Gasteiger partial charge in [-0.25, -0.2) is 4.79 Å². The zero-order chi connectivity index (χ0) is 19.2. The number of aromatic amines is 1. The Labute approximate surface area is 160 Å². The summed E-state index contributed by atoms with van der Waals surface area (Å²) < 4.78 is 4.78. The molecule has 1 aromatic carbocycles. The molecule has 2 aromatic rings. The Morgan fingerprint density at radius 1 is 1.37 bits per heavy atom. The highest BCUT2D eigenvalue weighted by atomic mass is 16.5. The molecule has 0 spiro atoms. The van der Waals surface area contributed by atoms with Gasteiger partial charge in [-0.2, -0.15) is 0 Å². The van der Waals surface area contributed by atoms with Crippen molar-refractivity contribution < 1.29 is 9.53 Å². The van der Waals surface area contributed by atoms with Gasteiger partial charge in [0.25, 0.3) is 0 Å². The number of hydrogen-bond donors (Lipinski definition) is 3. The highest BCUT2D eigenvalue weighted by Gasteiger charge is 2.23. The number of para-hydroxylation sites is 1. The van der Waals surface area contributed by atoms with Crippen LogP contribution in [0.15, 0.2) is 29.4 Å². The molecule has 1 aromatic heterocycles. The van der Waals surface area contributed by atoms with Crippen LogP contribution in [0.25, 0.3) is 10.9 Å². The smallest absolute Gasteiger partial charge is 0.409 e. The normalized spacial score (nSPS) is 15.8. The molecule has 0 unspecified atom stereocenters. The molecule has 1 aliphatic heterocycles. The van der Waals surface area contributed by atoms with E-state index in [1.807, 2.05) is 0 Å². The molecule has 1 saturated heterocycles. The van der Waals surface area contributed by atoms with Crippen LogP contribution >= 0.6 is 0 Å². The zero-order valence-electron chi connectivity index (χ0n) is 16.3. The third-order valence-electron chi connectivity index (χ3n) is 5.19. The highest BCUT2D eigenvalue weighted by molar-refractivity contribution is 5.86. The number of hydrogen-bond acceptors (Lipinski definition) is 3. The van der Waals surface area contributed by atoms with Gasteiger partial charge in [0.05, 0.1) is 7.11 Å². The number of fused-ring (bicyclic) bond motifs is 1. The number of H-pyrrole nitrogens is 1. The molecule has 3 rings (SSSR count). The lowest BCUT2D eigenvalue weighted by atomic mass is 10.1. The monoisotopic (exact) mass is 371 g/mol. The first kappa shape index (κ1) is 19.1. The van der Waals surface area contributed by atoms with E-state index in [0.717, 1.165) is 31.8 Å². The van der Waals surface area contributed by atoms with Crippen molar-refractivity contribution in [2.75, 3.05) is 33.8 Å². The number of rotatable bonds is 4. The molecule has 0 bridgehead atoms. The molecule has 0 aliphatic carbocycles. The van der Waals surface area contributed by atoms with Crippen LogP contribution in [-0.2, 0) is 11.2 Å². The average molecular weight is 371 g/mol. The summed E-state index contributed by atoms with van der Waals surface area (Å²) in [5.41, 5.74) is 3.79. The maximum absolute atomic E-state index is 11.6. The number of amides is 1. The molecule has 146 valence electrons. The average Bonchev–Trinajstić information content (AvgIpc) is 3.11. The van der Waals surface area contributed by atoms with E-state index in [4.69, 9.17) is 4.74 Å². The number of methoxy groups -OCH3 is 1. The van der Waals surface area contributed by atoms with Crippen LogP contribution in [0.3, 0.4) is 0 Å². The molecule has 3 N–H and O–H groups in total. The Morgan fingerprint density at radius 3 is 2.85 bits per heavy atom.